The molecule has 0 radical (unpaired) electrons. The van der Waals surface area contributed by atoms with Crippen LogP contribution >= 0.6 is 11.3 Å². The second-order valence-corrected chi connectivity index (χ2v) is 12.3. The van der Waals surface area contributed by atoms with Crippen LogP contribution in [0.4, 0.5) is 11.4 Å². The third-order valence-electron chi connectivity index (χ3n) is 7.89. The van der Waals surface area contributed by atoms with E-state index in [9.17, 15) is 19.2 Å². The van der Waals surface area contributed by atoms with Gasteiger partial charge < -0.3 is 24.4 Å². The fraction of sp³-hybridized carbons (Fsp3) is 0.324. The number of hydrogen-bond donors (Lipinski definition) is 2. The molecule has 2 aliphatic rings. The van der Waals surface area contributed by atoms with E-state index in [-0.39, 0.29) is 24.0 Å². The van der Waals surface area contributed by atoms with Crippen LogP contribution in [0.2, 0.25) is 0 Å². The molecule has 4 amide bonds. The van der Waals surface area contributed by atoms with Crippen molar-refractivity contribution in [2.75, 3.05) is 63.9 Å². The summed E-state index contributed by atoms with van der Waals surface area (Å²) in [5.74, 6) is -1.38. The summed E-state index contributed by atoms with van der Waals surface area (Å²) < 4.78 is 18.2. The molecule has 244 valence electrons. The van der Waals surface area contributed by atoms with Crippen LogP contribution in [0.3, 0.4) is 0 Å². The van der Waals surface area contributed by atoms with Crippen molar-refractivity contribution < 1.29 is 33.4 Å². The molecule has 1 saturated heterocycles. The van der Waals surface area contributed by atoms with Gasteiger partial charge in [0.25, 0.3) is 11.8 Å². The third-order valence-corrected chi connectivity index (χ3v) is 8.96. The second-order valence-electron chi connectivity index (χ2n) is 11.3. The smallest absolute Gasteiger partial charge is 0.264 e. The molecule has 3 aromatic carbocycles. The van der Waals surface area contributed by atoms with Crippen molar-refractivity contribution in [1.29, 1.82) is 0 Å². The van der Waals surface area contributed by atoms with Crippen LogP contribution in [0, 0.1) is 0 Å². The molecule has 0 aliphatic carbocycles. The van der Waals surface area contributed by atoms with Gasteiger partial charge in [-0.2, -0.15) is 0 Å². The van der Waals surface area contributed by atoms with Gasteiger partial charge in [0.15, 0.2) is 0 Å². The number of aromatic nitrogens is 1. The number of piperidine rings is 1. The highest BCUT2D eigenvalue weighted by atomic mass is 32.1. The fourth-order valence-electron chi connectivity index (χ4n) is 5.48. The normalized spacial score (nSPS) is 16.0. The minimum Gasteiger partial charge on any atom is -0.491 e. The van der Waals surface area contributed by atoms with E-state index in [2.05, 4.69) is 39.8 Å². The highest BCUT2D eigenvalue weighted by molar-refractivity contribution is 7.21. The number of benzene rings is 3. The molecule has 0 spiro atoms. The third kappa shape index (κ3) is 7.12. The van der Waals surface area contributed by atoms with Gasteiger partial charge in [0.05, 0.1) is 47.8 Å². The van der Waals surface area contributed by atoms with Crippen LogP contribution < -0.4 is 20.3 Å². The molecule has 3 heterocycles. The Balaban J connectivity index is 0.890. The van der Waals surface area contributed by atoms with E-state index >= 15 is 0 Å². The maximum absolute atomic E-state index is 13.2. The van der Waals surface area contributed by atoms with Gasteiger partial charge in [-0.25, -0.2) is 4.98 Å². The Hall–Kier alpha value is -4.85. The van der Waals surface area contributed by atoms with Crippen molar-refractivity contribution in [2.24, 2.45) is 0 Å². The van der Waals surface area contributed by atoms with Crippen LogP contribution in [0.15, 0.2) is 60.7 Å². The zero-order valence-corrected chi connectivity index (χ0v) is 26.9. The van der Waals surface area contributed by atoms with Gasteiger partial charge in [-0.05, 0) is 61.0 Å². The maximum atomic E-state index is 13.2. The number of imide groups is 2. The van der Waals surface area contributed by atoms with Crippen LogP contribution in [0.1, 0.15) is 33.6 Å². The van der Waals surface area contributed by atoms with Gasteiger partial charge in [-0.15, -0.1) is 11.3 Å². The van der Waals surface area contributed by atoms with Crippen LogP contribution in [-0.2, 0) is 19.1 Å². The lowest BCUT2D eigenvalue weighted by molar-refractivity contribution is -0.136. The van der Waals surface area contributed by atoms with E-state index in [1.165, 1.54) is 0 Å². The van der Waals surface area contributed by atoms with Gasteiger partial charge in [-0.3, -0.25) is 29.4 Å². The summed E-state index contributed by atoms with van der Waals surface area (Å²) in [5, 5.41) is 6.32. The largest absolute Gasteiger partial charge is 0.491 e. The number of anilines is 2. The summed E-state index contributed by atoms with van der Waals surface area (Å²) >= 11 is 1.63. The predicted octanol–water partition coefficient (Wildman–Crippen LogP) is 3.95. The van der Waals surface area contributed by atoms with Crippen molar-refractivity contribution in [3.05, 3.63) is 71.8 Å². The summed E-state index contributed by atoms with van der Waals surface area (Å²) in [6.07, 6.45) is 0.180. The van der Waals surface area contributed by atoms with Gasteiger partial charge in [0.2, 0.25) is 11.8 Å². The lowest BCUT2D eigenvalue weighted by Crippen LogP contribution is -2.54. The number of thiazole rings is 1. The van der Waals surface area contributed by atoms with Crippen LogP contribution in [0.5, 0.6) is 5.75 Å². The van der Waals surface area contributed by atoms with Crippen molar-refractivity contribution in [2.45, 2.75) is 18.9 Å². The fourth-order valence-corrected chi connectivity index (χ4v) is 6.48. The summed E-state index contributed by atoms with van der Waals surface area (Å²) in [7, 11) is 4.04. The monoisotopic (exact) mass is 657 g/mol. The summed E-state index contributed by atoms with van der Waals surface area (Å²) in [4.78, 5) is 57.8. The molecule has 4 aromatic rings. The number of carbonyl (C=O) groups is 4. The average molecular weight is 658 g/mol. The Kier molecular flexibility index (Phi) is 9.76. The number of nitrogens with one attached hydrogen (secondary N) is 2. The molecule has 0 bridgehead atoms. The standard InChI is InChI=1S/C34H35N5O7S/c1-38(2)22-8-6-21(7-9-22)32-36-25-11-10-23(20-28(25)47-32)46-19-18-45-17-16-44-15-14-35-26-5-3-4-24-30(26)34(43)39(33(24)42)27-12-13-29(40)37-31(27)41/h3-11,20,27,35H,12-19H2,1-2H3,(H,37,40,41). The van der Waals surface area contributed by atoms with Crippen LogP contribution in [0.25, 0.3) is 20.8 Å². The molecule has 12 nitrogen and oxygen atoms in total. The maximum Gasteiger partial charge on any atom is 0.264 e. The van der Waals surface area contributed by atoms with E-state index in [1.54, 1.807) is 29.5 Å². The first kappa shape index (κ1) is 32.1. The van der Waals surface area contributed by atoms with Crippen molar-refractivity contribution in [1.82, 2.24) is 15.2 Å². The molecule has 47 heavy (non-hydrogen) atoms. The predicted molar refractivity (Wildman–Crippen MR) is 178 cm³/mol. The SMILES string of the molecule is CN(C)c1ccc(-c2nc3ccc(OCCOCCOCCNc4cccc5c4C(=O)N(C4CCC(=O)NC4=O)C5=O)cc3s2)cc1. The topological polar surface area (TPSA) is 139 Å². The number of amides is 4. The molecule has 0 saturated carbocycles. The summed E-state index contributed by atoms with van der Waals surface area (Å²) in [6.45, 7) is 2.30. The molecule has 2 N–H and O–H groups in total. The number of hydrogen-bond acceptors (Lipinski definition) is 11. The quantitative estimate of drug-likeness (QED) is 0.151. The van der Waals surface area contributed by atoms with Crippen molar-refractivity contribution in [3.8, 4) is 16.3 Å². The van der Waals surface area contributed by atoms with Gasteiger partial charge >= 0.3 is 0 Å². The number of carbonyl (C=O) groups excluding carboxylic acids is 4. The first-order chi connectivity index (χ1) is 22.8. The van der Waals surface area contributed by atoms with Gasteiger partial charge in [-0.1, -0.05) is 6.07 Å². The van der Waals surface area contributed by atoms with Crippen molar-refractivity contribution in [3.63, 3.8) is 0 Å². The van der Waals surface area contributed by atoms with Crippen LogP contribution in [-0.4, -0.2) is 93.2 Å². The Bertz CT molecular complexity index is 1810. The molecule has 2 aliphatic heterocycles. The molecule has 1 unspecified atom stereocenters. The number of ether oxygens (including phenoxy) is 3. The zero-order chi connectivity index (χ0) is 32.9. The van der Waals surface area contributed by atoms with Gasteiger partial charge in [0.1, 0.15) is 23.4 Å². The second kappa shape index (κ2) is 14.3. The molecule has 6 rings (SSSR count). The average Bonchev–Trinajstić information content (AvgIpc) is 3.60. The van der Waals surface area contributed by atoms with E-state index in [0.29, 0.717) is 45.3 Å². The molecule has 1 fully saturated rings. The van der Waals surface area contributed by atoms with E-state index < -0.39 is 29.7 Å². The minimum absolute atomic E-state index is 0.0709. The summed E-state index contributed by atoms with van der Waals surface area (Å²) in [6, 6.07) is 18.2. The van der Waals surface area contributed by atoms with Crippen molar-refractivity contribution >= 4 is 56.6 Å². The molecule has 13 heteroatoms. The molecule has 1 atom stereocenters. The lowest BCUT2D eigenvalue weighted by atomic mass is 10.0. The van der Waals surface area contributed by atoms with E-state index in [4.69, 9.17) is 19.2 Å². The minimum atomic E-state index is -1.01. The highest BCUT2D eigenvalue weighted by Crippen LogP contribution is 2.34. The Labute approximate surface area is 275 Å². The molecule has 1 aromatic heterocycles. The molecular weight excluding hydrogens is 622 g/mol. The zero-order valence-electron chi connectivity index (χ0n) is 26.1. The van der Waals surface area contributed by atoms with E-state index in [0.717, 1.165) is 37.1 Å². The Morgan fingerprint density at radius 2 is 1.70 bits per heavy atom. The van der Waals surface area contributed by atoms with E-state index in [1.807, 2.05) is 32.3 Å². The number of rotatable bonds is 14. The first-order valence-corrected chi connectivity index (χ1v) is 16.2. The lowest BCUT2D eigenvalue weighted by Gasteiger charge is -2.27. The Morgan fingerprint density at radius 1 is 0.936 bits per heavy atom. The van der Waals surface area contributed by atoms with Gasteiger partial charge in [0, 0.05) is 44.0 Å². The number of nitrogens with zero attached hydrogens (tertiary/aromatic N) is 3. The Morgan fingerprint density at radius 3 is 2.47 bits per heavy atom. The summed E-state index contributed by atoms with van der Waals surface area (Å²) in [5.41, 5.74) is 4.09. The number of fused-ring (bicyclic) bond motifs is 2. The molecular formula is C34H35N5O7S. The first-order valence-electron chi connectivity index (χ1n) is 15.4. The highest BCUT2D eigenvalue weighted by Gasteiger charge is 2.45.